The van der Waals surface area contributed by atoms with Gasteiger partial charge < -0.3 is 15.3 Å². The number of phenolic OH excluding ortho intramolecular Hbond substituents is 1. The Balaban J connectivity index is 2.45. The van der Waals surface area contributed by atoms with E-state index in [9.17, 15) is 15.0 Å². The van der Waals surface area contributed by atoms with Gasteiger partial charge in [0.05, 0.1) is 0 Å². The zero-order valence-electron chi connectivity index (χ0n) is 12.7. The average molecular weight is 294 g/mol. The van der Waals surface area contributed by atoms with Crippen LogP contribution in [-0.2, 0) is 11.2 Å². The molecule has 0 aromatic heterocycles. The van der Waals surface area contributed by atoms with E-state index in [1.807, 2.05) is 0 Å². The summed E-state index contributed by atoms with van der Waals surface area (Å²) in [4.78, 5) is 10.8. The van der Waals surface area contributed by atoms with Crippen LogP contribution in [0.4, 0.5) is 0 Å². The van der Waals surface area contributed by atoms with Gasteiger partial charge in [0.25, 0.3) is 0 Å². The second-order valence-corrected chi connectivity index (χ2v) is 5.47. The van der Waals surface area contributed by atoms with E-state index >= 15 is 0 Å². The largest absolute Gasteiger partial charge is 0.507 e. The monoisotopic (exact) mass is 294 g/mol. The number of hydrogen-bond donors (Lipinski definition) is 3. The number of hydrogen-bond acceptors (Lipinski definition) is 3. The number of aryl methyl sites for hydroxylation is 1. The number of carboxylic acids is 1. The normalized spacial score (nSPS) is 12.3. The van der Waals surface area contributed by atoms with Crippen LogP contribution in [0.3, 0.4) is 0 Å². The number of benzene rings is 1. The number of unbranched alkanes of at least 4 members (excludes halogenated alkanes) is 6. The number of carbonyl (C=O) groups is 1. The molecule has 0 bridgehead atoms. The number of aromatic hydroxyl groups is 1. The third kappa shape index (κ3) is 5.76. The van der Waals surface area contributed by atoms with Gasteiger partial charge in [-0.1, -0.05) is 63.6 Å². The second kappa shape index (κ2) is 9.40. The number of para-hydroxylation sites is 1. The molecule has 1 rings (SSSR count). The van der Waals surface area contributed by atoms with Crippen molar-refractivity contribution < 1.29 is 20.1 Å². The van der Waals surface area contributed by atoms with E-state index in [-0.39, 0.29) is 11.3 Å². The fourth-order valence-electron chi connectivity index (χ4n) is 2.44. The number of rotatable bonds is 10. The van der Waals surface area contributed by atoms with Gasteiger partial charge in [0, 0.05) is 5.56 Å². The van der Waals surface area contributed by atoms with Crippen molar-refractivity contribution in [3.63, 3.8) is 0 Å². The molecule has 0 amide bonds. The highest BCUT2D eigenvalue weighted by molar-refractivity contribution is 5.75. The summed E-state index contributed by atoms with van der Waals surface area (Å²) in [6, 6.07) is 4.91. The number of aliphatic hydroxyl groups excluding tert-OH is 1. The Morgan fingerprint density at radius 1 is 1.10 bits per heavy atom. The molecule has 0 radical (unpaired) electrons. The summed E-state index contributed by atoms with van der Waals surface area (Å²) in [5, 5.41) is 28.4. The maximum atomic E-state index is 10.8. The lowest BCUT2D eigenvalue weighted by Crippen LogP contribution is -2.11. The van der Waals surface area contributed by atoms with Gasteiger partial charge >= 0.3 is 5.97 Å². The summed E-state index contributed by atoms with van der Waals surface area (Å²) in [5.74, 6) is -1.43. The third-order valence-corrected chi connectivity index (χ3v) is 3.73. The van der Waals surface area contributed by atoms with Gasteiger partial charge in [-0.15, -0.1) is 0 Å². The molecule has 0 fully saturated rings. The van der Waals surface area contributed by atoms with Gasteiger partial charge in [0.1, 0.15) is 5.75 Å². The van der Waals surface area contributed by atoms with Gasteiger partial charge in [-0.2, -0.15) is 0 Å². The molecule has 0 aliphatic rings. The van der Waals surface area contributed by atoms with Crippen LogP contribution in [0.15, 0.2) is 18.2 Å². The minimum absolute atomic E-state index is 0.0722. The summed E-state index contributed by atoms with van der Waals surface area (Å²) in [6.07, 6.45) is 7.36. The summed E-state index contributed by atoms with van der Waals surface area (Å²) in [6.45, 7) is 2.20. The minimum atomic E-state index is -1.67. The number of phenols is 1. The van der Waals surface area contributed by atoms with E-state index in [4.69, 9.17) is 5.11 Å². The smallest absolute Gasteiger partial charge is 0.337 e. The lowest BCUT2D eigenvalue weighted by molar-refractivity contribution is -0.147. The van der Waals surface area contributed by atoms with Crippen molar-refractivity contribution >= 4 is 5.97 Å². The highest BCUT2D eigenvalue weighted by atomic mass is 16.4. The fraction of sp³-hybridized carbons (Fsp3) is 0.588. The highest BCUT2D eigenvalue weighted by Crippen LogP contribution is 2.29. The molecule has 0 aliphatic carbocycles. The van der Waals surface area contributed by atoms with Crippen LogP contribution in [-0.4, -0.2) is 21.3 Å². The van der Waals surface area contributed by atoms with Crippen molar-refractivity contribution in [3.05, 3.63) is 29.3 Å². The Morgan fingerprint density at radius 2 is 1.71 bits per heavy atom. The molecule has 1 aromatic rings. The first-order chi connectivity index (χ1) is 10.1. The first kappa shape index (κ1) is 17.5. The van der Waals surface area contributed by atoms with Gasteiger partial charge in [0.15, 0.2) is 6.10 Å². The molecule has 0 saturated heterocycles. The lowest BCUT2D eigenvalue weighted by atomic mass is 9.99. The van der Waals surface area contributed by atoms with E-state index in [0.717, 1.165) is 12.8 Å². The Bertz CT molecular complexity index is 442. The van der Waals surface area contributed by atoms with E-state index in [2.05, 4.69) is 6.92 Å². The molecule has 0 aliphatic heterocycles. The van der Waals surface area contributed by atoms with Gasteiger partial charge in [-0.3, -0.25) is 0 Å². The molecule has 0 heterocycles. The SMILES string of the molecule is CCCCCCCCCc1cccc(C(O)C(=O)O)c1O. The molecule has 1 aromatic carbocycles. The molecule has 118 valence electrons. The zero-order valence-corrected chi connectivity index (χ0v) is 12.7. The molecular formula is C17H26O4. The van der Waals surface area contributed by atoms with Crippen molar-refractivity contribution in [1.82, 2.24) is 0 Å². The molecule has 1 atom stereocenters. The summed E-state index contributed by atoms with van der Waals surface area (Å²) < 4.78 is 0. The van der Waals surface area contributed by atoms with Crippen LogP contribution in [0.1, 0.15) is 69.1 Å². The molecule has 21 heavy (non-hydrogen) atoms. The van der Waals surface area contributed by atoms with E-state index < -0.39 is 12.1 Å². The first-order valence-corrected chi connectivity index (χ1v) is 7.79. The van der Waals surface area contributed by atoms with Crippen LogP contribution in [0, 0.1) is 0 Å². The Kier molecular flexibility index (Phi) is 7.83. The van der Waals surface area contributed by atoms with Crippen LogP contribution >= 0.6 is 0 Å². The minimum Gasteiger partial charge on any atom is -0.507 e. The number of aliphatic carboxylic acids is 1. The molecular weight excluding hydrogens is 268 g/mol. The fourth-order valence-corrected chi connectivity index (χ4v) is 2.44. The lowest BCUT2D eigenvalue weighted by Gasteiger charge is -2.12. The van der Waals surface area contributed by atoms with Gasteiger partial charge in [-0.05, 0) is 18.4 Å². The van der Waals surface area contributed by atoms with E-state index in [0.29, 0.717) is 12.0 Å². The summed E-state index contributed by atoms with van der Waals surface area (Å²) in [7, 11) is 0. The van der Waals surface area contributed by atoms with Crippen LogP contribution in [0.25, 0.3) is 0 Å². The first-order valence-electron chi connectivity index (χ1n) is 7.79. The Labute approximate surface area is 126 Å². The molecule has 0 spiro atoms. The number of carboxylic acid groups (broad SMARTS) is 1. The second-order valence-electron chi connectivity index (χ2n) is 5.47. The summed E-state index contributed by atoms with van der Waals surface area (Å²) >= 11 is 0. The van der Waals surface area contributed by atoms with Crippen LogP contribution < -0.4 is 0 Å². The average Bonchev–Trinajstić information content (AvgIpc) is 2.47. The molecule has 4 nitrogen and oxygen atoms in total. The van der Waals surface area contributed by atoms with Crippen molar-refractivity contribution in [2.45, 2.75) is 64.4 Å². The maximum Gasteiger partial charge on any atom is 0.337 e. The highest BCUT2D eigenvalue weighted by Gasteiger charge is 2.20. The van der Waals surface area contributed by atoms with Crippen molar-refractivity contribution in [2.75, 3.05) is 0 Å². The van der Waals surface area contributed by atoms with Crippen molar-refractivity contribution in [2.24, 2.45) is 0 Å². The van der Waals surface area contributed by atoms with Crippen LogP contribution in [0.5, 0.6) is 5.75 Å². The topological polar surface area (TPSA) is 77.8 Å². The molecule has 0 saturated carbocycles. The molecule has 1 unspecified atom stereocenters. The van der Waals surface area contributed by atoms with E-state index in [1.54, 1.807) is 12.1 Å². The zero-order chi connectivity index (χ0) is 15.7. The number of aliphatic hydroxyl groups is 1. The molecule has 3 N–H and O–H groups in total. The predicted molar refractivity (Wildman–Crippen MR) is 82.4 cm³/mol. The summed E-state index contributed by atoms with van der Waals surface area (Å²) in [5.41, 5.74) is 0.782. The third-order valence-electron chi connectivity index (χ3n) is 3.73. The predicted octanol–water partition coefficient (Wildman–Crippen LogP) is 3.80. The van der Waals surface area contributed by atoms with Gasteiger partial charge in [-0.25, -0.2) is 4.79 Å². The van der Waals surface area contributed by atoms with Gasteiger partial charge in [0.2, 0.25) is 0 Å². The maximum absolute atomic E-state index is 10.8. The Hall–Kier alpha value is -1.55. The van der Waals surface area contributed by atoms with Crippen molar-refractivity contribution in [1.29, 1.82) is 0 Å². The Morgan fingerprint density at radius 3 is 2.33 bits per heavy atom. The standard InChI is InChI=1S/C17H26O4/c1-2-3-4-5-6-7-8-10-13-11-9-12-14(15(13)18)16(19)17(20)21/h9,11-12,16,18-19H,2-8,10H2,1H3,(H,20,21). The van der Waals surface area contributed by atoms with Crippen LogP contribution in [0.2, 0.25) is 0 Å². The quantitative estimate of drug-likeness (QED) is 0.573. The van der Waals surface area contributed by atoms with Crippen molar-refractivity contribution in [3.8, 4) is 5.75 Å². The molecule has 4 heteroatoms. The van der Waals surface area contributed by atoms with E-state index in [1.165, 1.54) is 38.2 Å².